The van der Waals surface area contributed by atoms with Crippen LogP contribution in [0.5, 0.6) is 0 Å². The van der Waals surface area contributed by atoms with Gasteiger partial charge in [-0.1, -0.05) is 19.8 Å². The zero-order valence-electron chi connectivity index (χ0n) is 11.0. The Hall–Kier alpha value is -0.0800. The Balaban J connectivity index is 2.54. The lowest BCUT2D eigenvalue weighted by atomic mass is 9.89. The first-order valence-electron chi connectivity index (χ1n) is 6.55. The highest BCUT2D eigenvalue weighted by Gasteiger charge is 2.35. The monoisotopic (exact) mass is 212 g/mol. The van der Waals surface area contributed by atoms with Crippen LogP contribution >= 0.6 is 0 Å². The molecule has 0 aromatic heterocycles. The molecule has 0 amide bonds. The molecule has 0 saturated carbocycles. The Morgan fingerprint density at radius 1 is 1.27 bits per heavy atom. The summed E-state index contributed by atoms with van der Waals surface area (Å²) in [6.45, 7) is 9.65. The molecule has 1 saturated heterocycles. The number of likely N-dealkylation sites (tertiary alicyclic amines) is 1. The predicted octanol–water partition coefficient (Wildman–Crippen LogP) is 2.64. The highest BCUT2D eigenvalue weighted by Crippen LogP contribution is 2.26. The highest BCUT2D eigenvalue weighted by molar-refractivity contribution is 4.94. The van der Waals surface area contributed by atoms with Crippen molar-refractivity contribution in [2.45, 2.75) is 64.5 Å². The maximum absolute atomic E-state index is 3.51. The standard InChI is InChI=1S/C13H28N2/c1-5-6-9-12(14-4)13(2,3)15-10-7-8-11-15/h12,14H,5-11H2,1-4H3. The zero-order chi connectivity index (χ0) is 11.3. The smallest absolute Gasteiger partial charge is 0.0306 e. The third-order valence-corrected chi connectivity index (χ3v) is 3.97. The molecule has 90 valence electrons. The van der Waals surface area contributed by atoms with Crippen molar-refractivity contribution in [2.75, 3.05) is 20.1 Å². The van der Waals surface area contributed by atoms with Gasteiger partial charge in [0, 0.05) is 11.6 Å². The fourth-order valence-corrected chi connectivity index (χ4v) is 2.77. The average Bonchev–Trinajstić information content (AvgIpc) is 2.72. The zero-order valence-corrected chi connectivity index (χ0v) is 11.0. The highest BCUT2D eigenvalue weighted by atomic mass is 15.2. The van der Waals surface area contributed by atoms with Gasteiger partial charge in [-0.25, -0.2) is 0 Å². The van der Waals surface area contributed by atoms with Crippen LogP contribution in [0.4, 0.5) is 0 Å². The number of hydrogen-bond acceptors (Lipinski definition) is 2. The Morgan fingerprint density at radius 2 is 1.87 bits per heavy atom. The molecule has 1 rings (SSSR count). The van der Waals surface area contributed by atoms with Crippen molar-refractivity contribution in [3.8, 4) is 0 Å². The summed E-state index contributed by atoms with van der Waals surface area (Å²) in [6.07, 6.45) is 6.70. The molecule has 0 aliphatic carbocycles. The molecule has 15 heavy (non-hydrogen) atoms. The third-order valence-electron chi connectivity index (χ3n) is 3.97. The molecule has 1 atom stereocenters. The van der Waals surface area contributed by atoms with E-state index in [9.17, 15) is 0 Å². The van der Waals surface area contributed by atoms with Gasteiger partial charge in [0.25, 0.3) is 0 Å². The molecular formula is C13H28N2. The molecule has 0 spiro atoms. The molecule has 0 bridgehead atoms. The van der Waals surface area contributed by atoms with E-state index in [0.717, 1.165) is 0 Å². The molecular weight excluding hydrogens is 184 g/mol. The van der Waals surface area contributed by atoms with Gasteiger partial charge in [0.1, 0.15) is 0 Å². The van der Waals surface area contributed by atoms with Crippen LogP contribution in [0.15, 0.2) is 0 Å². The van der Waals surface area contributed by atoms with Crippen LogP contribution < -0.4 is 5.32 Å². The van der Waals surface area contributed by atoms with Gasteiger partial charge >= 0.3 is 0 Å². The topological polar surface area (TPSA) is 15.3 Å². The molecule has 0 aromatic carbocycles. The van der Waals surface area contributed by atoms with Gasteiger partial charge in [0.15, 0.2) is 0 Å². The lowest BCUT2D eigenvalue weighted by Gasteiger charge is -2.42. The fraction of sp³-hybridized carbons (Fsp3) is 1.00. The van der Waals surface area contributed by atoms with Crippen LogP contribution in [0.3, 0.4) is 0 Å². The SMILES string of the molecule is CCCCC(NC)C(C)(C)N1CCCC1. The van der Waals surface area contributed by atoms with Gasteiger partial charge in [-0.15, -0.1) is 0 Å². The minimum absolute atomic E-state index is 0.320. The summed E-state index contributed by atoms with van der Waals surface area (Å²) in [7, 11) is 2.11. The summed E-state index contributed by atoms with van der Waals surface area (Å²) in [5.74, 6) is 0. The van der Waals surface area contributed by atoms with Crippen molar-refractivity contribution in [2.24, 2.45) is 0 Å². The Labute approximate surface area is 95.4 Å². The lowest BCUT2D eigenvalue weighted by molar-refractivity contribution is 0.105. The third kappa shape index (κ3) is 3.18. The van der Waals surface area contributed by atoms with Gasteiger partial charge < -0.3 is 5.32 Å². The second kappa shape index (κ2) is 5.86. The molecule has 1 N–H and O–H groups in total. The van der Waals surface area contributed by atoms with Crippen LogP contribution in [-0.4, -0.2) is 36.6 Å². The Morgan fingerprint density at radius 3 is 2.33 bits per heavy atom. The molecule has 1 fully saturated rings. The number of hydrogen-bond donors (Lipinski definition) is 1. The summed E-state index contributed by atoms with van der Waals surface area (Å²) in [5.41, 5.74) is 0.320. The molecule has 2 heteroatoms. The Kier molecular flexibility index (Phi) is 5.07. The predicted molar refractivity (Wildman–Crippen MR) is 67.3 cm³/mol. The number of nitrogens with zero attached hydrogens (tertiary/aromatic N) is 1. The normalized spacial score (nSPS) is 20.8. The van der Waals surface area contributed by atoms with E-state index in [2.05, 4.69) is 38.0 Å². The maximum Gasteiger partial charge on any atom is 0.0306 e. The second-order valence-electron chi connectivity index (χ2n) is 5.33. The molecule has 0 aromatic rings. The fourth-order valence-electron chi connectivity index (χ4n) is 2.77. The first kappa shape index (κ1) is 13.0. The minimum Gasteiger partial charge on any atom is -0.315 e. The molecule has 1 heterocycles. The Bertz CT molecular complexity index is 171. The molecule has 2 nitrogen and oxygen atoms in total. The number of likely N-dealkylation sites (N-methyl/N-ethyl adjacent to an activating group) is 1. The van der Waals surface area contributed by atoms with Crippen LogP contribution in [0, 0.1) is 0 Å². The average molecular weight is 212 g/mol. The van der Waals surface area contributed by atoms with E-state index in [1.807, 2.05) is 0 Å². The van der Waals surface area contributed by atoms with Crippen molar-refractivity contribution >= 4 is 0 Å². The van der Waals surface area contributed by atoms with Gasteiger partial charge in [-0.2, -0.15) is 0 Å². The van der Waals surface area contributed by atoms with E-state index in [1.165, 1.54) is 45.2 Å². The minimum atomic E-state index is 0.320. The van der Waals surface area contributed by atoms with Gasteiger partial charge in [0.2, 0.25) is 0 Å². The van der Waals surface area contributed by atoms with Gasteiger partial charge in [0.05, 0.1) is 0 Å². The van der Waals surface area contributed by atoms with Crippen LogP contribution in [0.1, 0.15) is 52.9 Å². The first-order chi connectivity index (χ1) is 7.12. The van der Waals surface area contributed by atoms with Crippen molar-refractivity contribution < 1.29 is 0 Å². The molecule has 0 radical (unpaired) electrons. The van der Waals surface area contributed by atoms with E-state index in [0.29, 0.717) is 11.6 Å². The van der Waals surface area contributed by atoms with E-state index in [-0.39, 0.29) is 0 Å². The summed E-state index contributed by atoms with van der Waals surface area (Å²) < 4.78 is 0. The van der Waals surface area contributed by atoms with Crippen molar-refractivity contribution in [1.82, 2.24) is 10.2 Å². The van der Waals surface area contributed by atoms with E-state index in [4.69, 9.17) is 0 Å². The summed E-state index contributed by atoms with van der Waals surface area (Å²) >= 11 is 0. The van der Waals surface area contributed by atoms with E-state index < -0.39 is 0 Å². The summed E-state index contributed by atoms with van der Waals surface area (Å²) in [4.78, 5) is 2.66. The van der Waals surface area contributed by atoms with E-state index in [1.54, 1.807) is 0 Å². The van der Waals surface area contributed by atoms with Crippen LogP contribution in [0.25, 0.3) is 0 Å². The maximum atomic E-state index is 3.51. The lowest BCUT2D eigenvalue weighted by Crippen LogP contribution is -2.56. The number of unbranched alkanes of at least 4 members (excludes halogenated alkanes) is 1. The molecule has 1 aliphatic heterocycles. The van der Waals surface area contributed by atoms with Crippen molar-refractivity contribution in [3.63, 3.8) is 0 Å². The molecule has 1 aliphatic rings. The summed E-state index contributed by atoms with van der Waals surface area (Å²) in [5, 5.41) is 3.51. The largest absolute Gasteiger partial charge is 0.315 e. The van der Waals surface area contributed by atoms with Crippen LogP contribution in [0.2, 0.25) is 0 Å². The second-order valence-corrected chi connectivity index (χ2v) is 5.33. The van der Waals surface area contributed by atoms with Gasteiger partial charge in [-0.05, 0) is 53.2 Å². The summed E-state index contributed by atoms with van der Waals surface area (Å²) in [6, 6.07) is 0.635. The van der Waals surface area contributed by atoms with Crippen LogP contribution in [-0.2, 0) is 0 Å². The first-order valence-corrected chi connectivity index (χ1v) is 6.55. The quantitative estimate of drug-likeness (QED) is 0.728. The van der Waals surface area contributed by atoms with Crippen molar-refractivity contribution in [1.29, 1.82) is 0 Å². The molecule has 1 unspecified atom stereocenters. The number of nitrogens with one attached hydrogen (secondary N) is 1. The van der Waals surface area contributed by atoms with E-state index >= 15 is 0 Å². The number of rotatable bonds is 6. The van der Waals surface area contributed by atoms with Gasteiger partial charge in [-0.3, -0.25) is 4.90 Å². The van der Waals surface area contributed by atoms with Crippen molar-refractivity contribution in [3.05, 3.63) is 0 Å².